The Morgan fingerprint density at radius 1 is 1.14 bits per heavy atom. The number of hydrogen-bond acceptors (Lipinski definition) is 2. The minimum absolute atomic E-state index is 0.649. The first-order valence-electron chi connectivity index (χ1n) is 8.48. The molecule has 1 aliphatic heterocycles. The Morgan fingerprint density at radius 3 is 2.45 bits per heavy atom. The Morgan fingerprint density at radius 2 is 1.86 bits per heavy atom. The average Bonchev–Trinajstić information content (AvgIpc) is 2.50. The van der Waals surface area contributed by atoms with Crippen molar-refractivity contribution in [1.29, 1.82) is 0 Å². The van der Waals surface area contributed by atoms with Gasteiger partial charge in [0.25, 0.3) is 0 Å². The summed E-state index contributed by atoms with van der Waals surface area (Å²) in [4.78, 5) is 9.39. The van der Waals surface area contributed by atoms with Gasteiger partial charge in [-0.3, -0.25) is 4.99 Å². The van der Waals surface area contributed by atoms with Crippen LogP contribution in [0.1, 0.15) is 30.4 Å². The van der Waals surface area contributed by atoms with Crippen LogP contribution in [0.5, 0.6) is 0 Å². The Bertz CT molecular complexity index is 540. The van der Waals surface area contributed by atoms with Crippen LogP contribution in [0.2, 0.25) is 0 Å². The summed E-state index contributed by atoms with van der Waals surface area (Å²) in [5.41, 5.74) is 4.18. The molecule has 4 heteroatoms. The molecule has 0 radical (unpaired) electrons. The average molecular weight is 300 g/mol. The van der Waals surface area contributed by atoms with E-state index in [1.165, 1.54) is 36.1 Å². The van der Waals surface area contributed by atoms with E-state index in [-0.39, 0.29) is 0 Å². The zero-order valence-electron chi connectivity index (χ0n) is 14.1. The summed E-state index contributed by atoms with van der Waals surface area (Å²) < 4.78 is 0. The van der Waals surface area contributed by atoms with E-state index in [0.717, 1.165) is 32.1 Å². The van der Waals surface area contributed by atoms with Gasteiger partial charge in [0.1, 0.15) is 0 Å². The number of aryl methyl sites for hydroxylation is 1. The zero-order valence-corrected chi connectivity index (χ0v) is 14.1. The number of anilines is 1. The van der Waals surface area contributed by atoms with Crippen molar-refractivity contribution >= 4 is 11.6 Å². The quantitative estimate of drug-likeness (QED) is 0.673. The first kappa shape index (κ1) is 15.2. The summed E-state index contributed by atoms with van der Waals surface area (Å²) in [6, 6.07) is 7.26. The summed E-state index contributed by atoms with van der Waals surface area (Å²) in [7, 11) is 1.90. The number of nitrogens with zero attached hydrogens (tertiary/aromatic N) is 3. The van der Waals surface area contributed by atoms with Gasteiger partial charge in [-0.25, -0.2) is 0 Å². The standard InChI is InChI=1S/C18H28N4/c1-14-6-4-9-17(15(14)2)21-10-12-22(13-11-21)18(19-3)20-16-7-5-8-16/h4,6,9,16H,5,7-8,10-13H2,1-3H3,(H,19,20). The van der Waals surface area contributed by atoms with Gasteiger partial charge in [0.15, 0.2) is 5.96 Å². The fourth-order valence-corrected chi connectivity index (χ4v) is 3.27. The summed E-state index contributed by atoms with van der Waals surface area (Å²) in [6.45, 7) is 8.64. The highest BCUT2D eigenvalue weighted by Gasteiger charge is 2.24. The van der Waals surface area contributed by atoms with E-state index in [2.05, 4.69) is 52.2 Å². The molecule has 1 aliphatic carbocycles. The molecule has 0 amide bonds. The van der Waals surface area contributed by atoms with Crippen molar-refractivity contribution in [2.75, 3.05) is 38.1 Å². The molecule has 1 aromatic carbocycles. The molecule has 0 atom stereocenters. The van der Waals surface area contributed by atoms with Gasteiger partial charge in [0, 0.05) is 45.0 Å². The van der Waals surface area contributed by atoms with Crippen LogP contribution in [-0.4, -0.2) is 50.1 Å². The van der Waals surface area contributed by atoms with Crippen molar-refractivity contribution in [3.8, 4) is 0 Å². The third kappa shape index (κ3) is 3.06. The highest BCUT2D eigenvalue weighted by molar-refractivity contribution is 5.80. The van der Waals surface area contributed by atoms with E-state index in [9.17, 15) is 0 Å². The second kappa shape index (κ2) is 6.59. The minimum atomic E-state index is 0.649. The summed E-state index contributed by atoms with van der Waals surface area (Å²) in [5.74, 6) is 1.09. The Kier molecular flexibility index (Phi) is 4.55. The Hall–Kier alpha value is -1.71. The largest absolute Gasteiger partial charge is 0.368 e. The first-order chi connectivity index (χ1) is 10.7. The van der Waals surface area contributed by atoms with Crippen LogP contribution >= 0.6 is 0 Å². The monoisotopic (exact) mass is 300 g/mol. The molecule has 1 N–H and O–H groups in total. The lowest BCUT2D eigenvalue weighted by Gasteiger charge is -2.40. The van der Waals surface area contributed by atoms with Crippen molar-refractivity contribution in [2.24, 2.45) is 4.99 Å². The SMILES string of the molecule is CN=C(NC1CCC1)N1CCN(c2cccc(C)c2C)CC1. The second-order valence-electron chi connectivity index (χ2n) is 6.51. The predicted octanol–water partition coefficient (Wildman–Crippen LogP) is 2.55. The molecule has 1 saturated heterocycles. The van der Waals surface area contributed by atoms with Gasteiger partial charge >= 0.3 is 0 Å². The van der Waals surface area contributed by atoms with Gasteiger partial charge in [0.05, 0.1) is 0 Å². The summed E-state index contributed by atoms with van der Waals surface area (Å²) in [6.07, 6.45) is 3.94. The smallest absolute Gasteiger partial charge is 0.193 e. The first-order valence-corrected chi connectivity index (χ1v) is 8.48. The maximum Gasteiger partial charge on any atom is 0.193 e. The van der Waals surface area contributed by atoms with E-state index in [1.807, 2.05) is 7.05 Å². The number of rotatable bonds is 2. The molecule has 0 aromatic heterocycles. The van der Waals surface area contributed by atoms with Crippen molar-refractivity contribution in [3.63, 3.8) is 0 Å². The highest BCUT2D eigenvalue weighted by Crippen LogP contribution is 2.24. The van der Waals surface area contributed by atoms with Gasteiger partial charge in [-0.15, -0.1) is 0 Å². The second-order valence-corrected chi connectivity index (χ2v) is 6.51. The zero-order chi connectivity index (χ0) is 15.5. The lowest BCUT2D eigenvalue weighted by atomic mass is 9.93. The van der Waals surface area contributed by atoms with Gasteiger partial charge in [-0.2, -0.15) is 0 Å². The lowest BCUT2D eigenvalue weighted by Crippen LogP contribution is -2.55. The molecule has 0 unspecified atom stereocenters. The molecule has 1 aromatic rings. The molecule has 3 rings (SSSR count). The van der Waals surface area contributed by atoms with E-state index in [0.29, 0.717) is 6.04 Å². The number of nitrogens with one attached hydrogen (secondary N) is 1. The molecular formula is C18H28N4. The van der Waals surface area contributed by atoms with Crippen LogP contribution in [0.15, 0.2) is 23.2 Å². The van der Waals surface area contributed by atoms with Crippen LogP contribution in [0.3, 0.4) is 0 Å². The Labute approximate surface area is 134 Å². The number of piperazine rings is 1. The van der Waals surface area contributed by atoms with E-state index < -0.39 is 0 Å². The summed E-state index contributed by atoms with van der Waals surface area (Å²) >= 11 is 0. The van der Waals surface area contributed by atoms with Crippen LogP contribution in [0, 0.1) is 13.8 Å². The topological polar surface area (TPSA) is 30.9 Å². The van der Waals surface area contributed by atoms with Gasteiger partial charge in [0.2, 0.25) is 0 Å². The minimum Gasteiger partial charge on any atom is -0.368 e. The maximum atomic E-state index is 4.48. The van der Waals surface area contributed by atoms with Crippen molar-refractivity contribution in [3.05, 3.63) is 29.3 Å². The molecule has 22 heavy (non-hydrogen) atoms. The molecule has 1 saturated carbocycles. The van der Waals surface area contributed by atoms with Gasteiger partial charge < -0.3 is 15.1 Å². The van der Waals surface area contributed by atoms with Crippen molar-refractivity contribution < 1.29 is 0 Å². The van der Waals surface area contributed by atoms with Crippen LogP contribution in [0.25, 0.3) is 0 Å². The summed E-state index contributed by atoms with van der Waals surface area (Å²) in [5, 5.41) is 3.61. The van der Waals surface area contributed by atoms with Gasteiger partial charge in [-0.1, -0.05) is 12.1 Å². The molecule has 0 spiro atoms. The number of hydrogen-bond donors (Lipinski definition) is 1. The van der Waals surface area contributed by atoms with Crippen molar-refractivity contribution in [2.45, 2.75) is 39.2 Å². The van der Waals surface area contributed by atoms with E-state index in [4.69, 9.17) is 0 Å². The predicted molar refractivity (Wildman–Crippen MR) is 93.8 cm³/mol. The molecule has 0 bridgehead atoms. The lowest BCUT2D eigenvalue weighted by molar-refractivity contribution is 0.332. The molecule has 2 aliphatic rings. The molecular weight excluding hydrogens is 272 g/mol. The fourth-order valence-electron chi connectivity index (χ4n) is 3.27. The normalized spacial score (nSPS) is 20.0. The third-order valence-electron chi connectivity index (χ3n) is 5.15. The van der Waals surface area contributed by atoms with Gasteiger partial charge in [-0.05, 0) is 50.3 Å². The third-order valence-corrected chi connectivity index (χ3v) is 5.15. The van der Waals surface area contributed by atoms with Crippen LogP contribution in [0.4, 0.5) is 5.69 Å². The van der Waals surface area contributed by atoms with Crippen molar-refractivity contribution in [1.82, 2.24) is 10.2 Å². The number of aliphatic imine (C=N–C) groups is 1. The van der Waals surface area contributed by atoms with E-state index >= 15 is 0 Å². The van der Waals surface area contributed by atoms with E-state index in [1.54, 1.807) is 0 Å². The number of benzene rings is 1. The molecule has 120 valence electrons. The highest BCUT2D eigenvalue weighted by atomic mass is 15.4. The Balaban J connectivity index is 1.60. The molecule has 1 heterocycles. The molecule has 2 fully saturated rings. The molecule has 4 nitrogen and oxygen atoms in total. The fraction of sp³-hybridized carbons (Fsp3) is 0.611. The number of guanidine groups is 1. The van der Waals surface area contributed by atoms with Crippen LogP contribution < -0.4 is 10.2 Å². The maximum absolute atomic E-state index is 4.48. The van der Waals surface area contributed by atoms with Crippen LogP contribution in [-0.2, 0) is 0 Å².